The Bertz CT molecular complexity index is 1710. The monoisotopic (exact) mass is 1050 g/mol. The number of hydrogen-bond donors (Lipinski definition) is 0. The number of rotatable bonds is 40. The van der Waals surface area contributed by atoms with E-state index in [1.165, 1.54) is 93.0 Å². The summed E-state index contributed by atoms with van der Waals surface area (Å²) in [5, 5.41) is 0. The molecule has 1 aromatic rings. The molecular weight excluding hydrogens is 960 g/mol. The maximum atomic E-state index is 14.0. The number of amides is 2. The molecule has 8 nitrogen and oxygen atoms in total. The maximum Gasteiger partial charge on any atom is 0.305 e. The number of esters is 2. The summed E-state index contributed by atoms with van der Waals surface area (Å²) in [5.41, 5.74) is 3.00. The zero-order valence-electron chi connectivity index (χ0n) is 42.7. The molecule has 9 heteroatoms. The second-order valence-corrected chi connectivity index (χ2v) is 19.3. The average molecular weight is 1050 g/mol. The number of unbranched alkanes of at least 4 members (excludes halogenated alkanes) is 22. The van der Waals surface area contributed by atoms with Crippen LogP contribution in [0.25, 0.3) is 0 Å². The minimum absolute atomic E-state index is 0.0589. The van der Waals surface area contributed by atoms with E-state index < -0.39 is 6.04 Å². The van der Waals surface area contributed by atoms with Gasteiger partial charge in [-0.1, -0.05) is 190 Å². The van der Waals surface area contributed by atoms with Gasteiger partial charge in [0.15, 0.2) is 0 Å². The normalized spacial score (nSPS) is 13.7. The molecule has 0 aliphatic carbocycles. The van der Waals surface area contributed by atoms with Gasteiger partial charge in [-0.25, -0.2) is 0 Å². The van der Waals surface area contributed by atoms with E-state index in [4.69, 9.17) is 9.47 Å². The minimum atomic E-state index is -0.705. The number of halogens is 1. The molecule has 0 unspecified atom stereocenters. The summed E-state index contributed by atoms with van der Waals surface area (Å²) in [4.78, 5) is 55.2. The van der Waals surface area contributed by atoms with Gasteiger partial charge in [0.05, 0.1) is 35.1 Å². The Balaban J connectivity index is 1.88. The van der Waals surface area contributed by atoms with E-state index in [-0.39, 0.29) is 49.8 Å². The molecule has 2 amide bonds. The molecule has 0 saturated heterocycles. The summed E-state index contributed by atoms with van der Waals surface area (Å²) < 4.78 is 12.8. The fourth-order valence-corrected chi connectivity index (χ4v) is 8.70. The number of ether oxygens (including phenoxy) is 2. The Kier molecular flexibility index (Phi) is 36.2. The quantitative estimate of drug-likeness (QED) is 0.0162. The lowest BCUT2D eigenvalue weighted by Gasteiger charge is -2.28. The molecule has 1 aliphatic heterocycles. The van der Waals surface area contributed by atoms with Crippen molar-refractivity contribution in [3.63, 3.8) is 0 Å². The van der Waals surface area contributed by atoms with Crippen LogP contribution in [0.5, 0.6) is 0 Å². The standard InChI is InChI=1S/C59H89IN2O6/c1-5-9-11-13-15-17-19-21-23-25-27-29-31-33-35-42-58(65)67-49-54(50-68-59(66)43-36-34-32-30-28-26-24-22-20-18-16-14-12-10-6-2)62(60)57(64)47-46-56(63)61-48-53-41-38-37-40-52(53)45-44-51(8-4)55(61)39-7-3/h7-8,21-24,37-41,54H,4-6,9-20,25-36,42-43,46-50H2,1-3H3/b23-21-,24-22-,39-7-,55-51-. The van der Waals surface area contributed by atoms with Gasteiger partial charge in [-0.2, -0.15) is 0 Å². The smallest absolute Gasteiger partial charge is 0.305 e. The second kappa shape index (κ2) is 40.9. The molecule has 0 fully saturated rings. The van der Waals surface area contributed by atoms with Crippen molar-refractivity contribution in [1.29, 1.82) is 0 Å². The van der Waals surface area contributed by atoms with E-state index in [2.05, 4.69) is 56.6 Å². The summed E-state index contributed by atoms with van der Waals surface area (Å²) in [5.74, 6) is 5.16. The molecular formula is C59H89IN2O6. The van der Waals surface area contributed by atoms with E-state index >= 15 is 0 Å². The molecule has 68 heavy (non-hydrogen) atoms. The van der Waals surface area contributed by atoms with Gasteiger partial charge in [-0.05, 0) is 88.8 Å². The van der Waals surface area contributed by atoms with Gasteiger partial charge in [0.2, 0.25) is 11.8 Å². The van der Waals surface area contributed by atoms with Gasteiger partial charge in [-0.15, -0.1) is 0 Å². The van der Waals surface area contributed by atoms with Crippen molar-refractivity contribution in [1.82, 2.24) is 8.01 Å². The van der Waals surface area contributed by atoms with E-state index in [0.29, 0.717) is 30.7 Å². The first-order valence-electron chi connectivity index (χ1n) is 26.7. The second-order valence-electron chi connectivity index (χ2n) is 18.3. The molecule has 0 N–H and O–H groups in total. The number of carbonyl (C=O) groups is 4. The van der Waals surface area contributed by atoms with Gasteiger partial charge >= 0.3 is 11.9 Å². The van der Waals surface area contributed by atoms with Crippen LogP contribution in [0.4, 0.5) is 0 Å². The fourth-order valence-electron chi connectivity index (χ4n) is 8.14. The van der Waals surface area contributed by atoms with Crippen molar-refractivity contribution in [2.75, 3.05) is 13.2 Å². The molecule has 0 spiro atoms. The van der Waals surface area contributed by atoms with Crippen molar-refractivity contribution in [3.05, 3.63) is 95.8 Å². The highest BCUT2D eigenvalue weighted by atomic mass is 127. The van der Waals surface area contributed by atoms with Crippen LogP contribution >= 0.6 is 22.9 Å². The van der Waals surface area contributed by atoms with Crippen LogP contribution < -0.4 is 0 Å². The summed E-state index contributed by atoms with van der Waals surface area (Å²) in [7, 11) is 0. The third-order valence-electron chi connectivity index (χ3n) is 12.3. The lowest BCUT2D eigenvalue weighted by Crippen LogP contribution is -2.41. The van der Waals surface area contributed by atoms with E-state index in [1.54, 1.807) is 11.0 Å². The van der Waals surface area contributed by atoms with Crippen LogP contribution in [0.2, 0.25) is 0 Å². The topological polar surface area (TPSA) is 93.2 Å². The first-order valence-corrected chi connectivity index (χ1v) is 27.7. The molecule has 0 radical (unpaired) electrons. The number of allylic oxidation sites excluding steroid dienone is 8. The summed E-state index contributed by atoms with van der Waals surface area (Å²) >= 11 is 1.91. The highest BCUT2D eigenvalue weighted by Gasteiger charge is 2.28. The van der Waals surface area contributed by atoms with Gasteiger partial charge in [0.1, 0.15) is 19.3 Å². The highest BCUT2D eigenvalue weighted by molar-refractivity contribution is 14.1. The zero-order valence-corrected chi connectivity index (χ0v) is 44.8. The third-order valence-corrected chi connectivity index (χ3v) is 13.7. The molecule has 0 saturated carbocycles. The summed E-state index contributed by atoms with van der Waals surface area (Å²) in [6.45, 7) is 10.4. The molecule has 0 bridgehead atoms. The average Bonchev–Trinajstić information content (AvgIpc) is 3.34. The molecule has 0 atom stereocenters. The van der Waals surface area contributed by atoms with Crippen LogP contribution in [-0.4, -0.2) is 51.0 Å². The SMILES string of the molecule is C=C/C1=C(\C=C/C)N(C(=O)CCC(=O)N(I)C(COC(=O)CCCCCCC/C=C\CCCCCCCC)COC(=O)CCCCCCC/C=C\CCCCCCCC)Cc2ccccc2C#C1. The molecule has 1 heterocycles. The predicted octanol–water partition coefficient (Wildman–Crippen LogP) is 15.9. The van der Waals surface area contributed by atoms with Gasteiger partial charge in [0.25, 0.3) is 0 Å². The van der Waals surface area contributed by atoms with Crippen molar-refractivity contribution in [2.24, 2.45) is 0 Å². The largest absolute Gasteiger partial charge is 0.463 e. The van der Waals surface area contributed by atoms with Crippen molar-refractivity contribution in [3.8, 4) is 11.8 Å². The number of carbonyl (C=O) groups excluding carboxylic acids is 4. The zero-order chi connectivity index (χ0) is 49.3. The van der Waals surface area contributed by atoms with Crippen LogP contribution in [0.3, 0.4) is 0 Å². The minimum Gasteiger partial charge on any atom is -0.463 e. The molecule has 2 rings (SSSR count). The lowest BCUT2D eigenvalue weighted by molar-refractivity contribution is -0.150. The third kappa shape index (κ3) is 28.6. The van der Waals surface area contributed by atoms with E-state index in [1.807, 2.05) is 66.2 Å². The molecule has 1 aromatic carbocycles. The first-order chi connectivity index (χ1) is 33.2. The van der Waals surface area contributed by atoms with Crippen molar-refractivity contribution < 1.29 is 28.7 Å². The van der Waals surface area contributed by atoms with Gasteiger partial charge < -0.3 is 14.4 Å². The number of fused-ring (bicyclic) bond motifs is 1. The van der Waals surface area contributed by atoms with Crippen LogP contribution in [0, 0.1) is 11.8 Å². The summed E-state index contributed by atoms with van der Waals surface area (Å²) in [6, 6.07) is 7.02. The molecule has 0 aromatic heterocycles. The van der Waals surface area contributed by atoms with Crippen LogP contribution in [0.15, 0.2) is 84.6 Å². The number of benzene rings is 1. The summed E-state index contributed by atoms with van der Waals surface area (Å²) in [6.07, 6.45) is 45.7. The van der Waals surface area contributed by atoms with Crippen molar-refractivity contribution in [2.45, 2.75) is 226 Å². The van der Waals surface area contributed by atoms with Crippen molar-refractivity contribution >= 4 is 46.6 Å². The lowest BCUT2D eigenvalue weighted by atomic mass is 10.0. The Labute approximate surface area is 427 Å². The Morgan fingerprint density at radius 1 is 0.647 bits per heavy atom. The van der Waals surface area contributed by atoms with Gasteiger partial charge in [0, 0.05) is 36.8 Å². The Morgan fingerprint density at radius 3 is 1.57 bits per heavy atom. The number of hydrogen-bond acceptors (Lipinski definition) is 6. The first kappa shape index (κ1) is 60.2. The van der Waals surface area contributed by atoms with Crippen LogP contribution in [0.1, 0.15) is 225 Å². The predicted molar refractivity (Wildman–Crippen MR) is 291 cm³/mol. The Morgan fingerprint density at radius 2 is 1.10 bits per heavy atom. The number of nitrogens with zero attached hydrogens (tertiary/aromatic N) is 2. The highest BCUT2D eigenvalue weighted by Crippen LogP contribution is 2.24. The van der Waals surface area contributed by atoms with E-state index in [9.17, 15) is 19.2 Å². The fraction of sp³-hybridized carbons (Fsp3) is 0.627. The maximum absolute atomic E-state index is 14.0. The molecule has 378 valence electrons. The van der Waals surface area contributed by atoms with E-state index in [0.717, 1.165) is 88.2 Å². The molecule has 1 aliphatic rings. The van der Waals surface area contributed by atoms with Gasteiger partial charge in [-0.3, -0.25) is 22.3 Å². The van der Waals surface area contributed by atoms with Crippen LogP contribution in [-0.2, 0) is 35.2 Å². The Hall–Kier alpha value is -3.91.